The smallest absolute Gasteiger partial charge is 0.211 e. The van der Waals surface area contributed by atoms with Crippen molar-refractivity contribution in [3.63, 3.8) is 0 Å². The summed E-state index contributed by atoms with van der Waals surface area (Å²) in [5.74, 6) is 1.20. The number of rotatable bonds is 8. The van der Waals surface area contributed by atoms with Gasteiger partial charge in [0.25, 0.3) is 0 Å². The minimum absolute atomic E-state index is 0.0893. The van der Waals surface area contributed by atoms with E-state index in [1.165, 1.54) is 11.8 Å². The van der Waals surface area contributed by atoms with E-state index in [1.54, 1.807) is 32.4 Å². The number of aryl methyl sites for hydroxylation is 1. The highest BCUT2D eigenvalue weighted by molar-refractivity contribution is 7.99. The van der Waals surface area contributed by atoms with Crippen molar-refractivity contribution < 1.29 is 14.3 Å². The molecular formula is C22H22N4O3S. The van der Waals surface area contributed by atoms with Crippen LogP contribution in [0.3, 0.4) is 0 Å². The standard InChI is InChI=1S/C22H22N4O3S/c1-4-11-26-17-8-6-5-7-15(17)20-21(26)23-22(25-24-20)30-13-18(27)16-12-14(28-2)9-10-19(16)29-3/h5-10,12H,4,11,13H2,1-3H3. The second kappa shape index (κ2) is 8.71. The zero-order valence-electron chi connectivity index (χ0n) is 17.1. The lowest BCUT2D eigenvalue weighted by Gasteiger charge is -2.09. The molecule has 0 atom stereocenters. The van der Waals surface area contributed by atoms with Gasteiger partial charge < -0.3 is 14.0 Å². The maximum absolute atomic E-state index is 12.8. The Hall–Kier alpha value is -3.13. The second-order valence-electron chi connectivity index (χ2n) is 6.71. The van der Waals surface area contributed by atoms with E-state index in [1.807, 2.05) is 18.2 Å². The predicted molar refractivity (Wildman–Crippen MR) is 118 cm³/mol. The van der Waals surface area contributed by atoms with Crippen LogP contribution >= 0.6 is 11.8 Å². The van der Waals surface area contributed by atoms with Gasteiger partial charge in [0.2, 0.25) is 5.16 Å². The fraction of sp³-hybridized carbons (Fsp3) is 0.273. The van der Waals surface area contributed by atoms with Gasteiger partial charge in [-0.2, -0.15) is 0 Å². The first-order valence-corrected chi connectivity index (χ1v) is 10.6. The molecule has 0 radical (unpaired) electrons. The summed E-state index contributed by atoms with van der Waals surface area (Å²) in [6, 6.07) is 13.3. The van der Waals surface area contributed by atoms with E-state index in [0.717, 1.165) is 35.0 Å². The van der Waals surface area contributed by atoms with Crippen LogP contribution in [0.4, 0.5) is 0 Å². The summed E-state index contributed by atoms with van der Waals surface area (Å²) in [7, 11) is 3.11. The van der Waals surface area contributed by atoms with Gasteiger partial charge in [-0.1, -0.05) is 36.9 Å². The van der Waals surface area contributed by atoms with Crippen LogP contribution in [0.5, 0.6) is 11.5 Å². The molecule has 30 heavy (non-hydrogen) atoms. The summed E-state index contributed by atoms with van der Waals surface area (Å²) in [5.41, 5.74) is 3.14. The maximum atomic E-state index is 12.8. The van der Waals surface area contributed by atoms with Crippen molar-refractivity contribution in [2.45, 2.75) is 25.0 Å². The summed E-state index contributed by atoms with van der Waals surface area (Å²) < 4.78 is 12.7. The number of nitrogens with zero attached hydrogens (tertiary/aromatic N) is 4. The number of fused-ring (bicyclic) bond motifs is 3. The first kappa shape index (κ1) is 20.2. The van der Waals surface area contributed by atoms with Gasteiger partial charge in [0.1, 0.15) is 17.0 Å². The molecule has 0 aliphatic rings. The average molecular weight is 423 g/mol. The Morgan fingerprint density at radius 2 is 1.93 bits per heavy atom. The highest BCUT2D eigenvalue weighted by Gasteiger charge is 2.17. The third-order valence-corrected chi connectivity index (χ3v) is 5.68. The molecule has 0 aliphatic carbocycles. The second-order valence-corrected chi connectivity index (χ2v) is 7.66. The molecule has 7 nitrogen and oxygen atoms in total. The molecule has 0 amide bonds. The molecule has 4 rings (SSSR count). The highest BCUT2D eigenvalue weighted by atomic mass is 32.2. The molecule has 4 aromatic rings. The van der Waals surface area contributed by atoms with Gasteiger partial charge in [0.05, 0.1) is 31.1 Å². The van der Waals surface area contributed by atoms with Crippen LogP contribution in [0.25, 0.3) is 22.1 Å². The van der Waals surface area contributed by atoms with E-state index in [4.69, 9.17) is 14.5 Å². The number of benzene rings is 2. The van der Waals surface area contributed by atoms with Crippen LogP contribution in [0.1, 0.15) is 23.7 Å². The van der Waals surface area contributed by atoms with E-state index in [0.29, 0.717) is 22.2 Å². The molecular weight excluding hydrogens is 400 g/mol. The number of methoxy groups -OCH3 is 2. The molecule has 0 N–H and O–H groups in total. The topological polar surface area (TPSA) is 79.1 Å². The molecule has 0 saturated carbocycles. The fourth-order valence-electron chi connectivity index (χ4n) is 3.44. The van der Waals surface area contributed by atoms with Gasteiger partial charge in [-0.3, -0.25) is 4.79 Å². The van der Waals surface area contributed by atoms with Crippen molar-refractivity contribution >= 4 is 39.6 Å². The first-order valence-electron chi connectivity index (χ1n) is 9.66. The van der Waals surface area contributed by atoms with Crippen LogP contribution in [0, 0.1) is 0 Å². The number of hydrogen-bond donors (Lipinski definition) is 0. The molecule has 2 heterocycles. The number of aromatic nitrogens is 4. The Bertz CT molecular complexity index is 1220. The highest BCUT2D eigenvalue weighted by Crippen LogP contribution is 2.29. The lowest BCUT2D eigenvalue weighted by atomic mass is 10.1. The first-order chi connectivity index (χ1) is 14.7. The summed E-state index contributed by atoms with van der Waals surface area (Å²) >= 11 is 1.26. The molecule has 0 spiro atoms. The van der Waals surface area contributed by atoms with Crippen LogP contribution < -0.4 is 9.47 Å². The van der Waals surface area contributed by atoms with E-state index in [-0.39, 0.29) is 11.5 Å². The molecule has 154 valence electrons. The van der Waals surface area contributed by atoms with Crippen LogP contribution in [-0.2, 0) is 6.54 Å². The summed E-state index contributed by atoms with van der Waals surface area (Å²) in [6.07, 6.45) is 0.981. The lowest BCUT2D eigenvalue weighted by Crippen LogP contribution is -2.07. The Balaban J connectivity index is 1.63. The zero-order chi connectivity index (χ0) is 21.1. The molecule has 8 heteroatoms. The molecule has 0 bridgehead atoms. The van der Waals surface area contributed by atoms with Crippen molar-refractivity contribution in [1.29, 1.82) is 0 Å². The van der Waals surface area contributed by atoms with Gasteiger partial charge in [-0.25, -0.2) is 4.98 Å². The van der Waals surface area contributed by atoms with Crippen LogP contribution in [-0.4, -0.2) is 45.5 Å². The van der Waals surface area contributed by atoms with Gasteiger partial charge >= 0.3 is 0 Å². The minimum atomic E-state index is -0.0893. The minimum Gasteiger partial charge on any atom is -0.497 e. The predicted octanol–water partition coefficient (Wildman–Crippen LogP) is 4.38. The molecule has 2 aromatic heterocycles. The SMILES string of the molecule is CCCn1c2ccccc2c2nnc(SCC(=O)c3cc(OC)ccc3OC)nc21. The number of Topliss-reactive ketones (excluding diaryl/α,β-unsaturated/α-hetero) is 1. The van der Waals surface area contributed by atoms with E-state index in [9.17, 15) is 4.79 Å². The number of carbonyl (C=O) groups is 1. The summed E-state index contributed by atoms with van der Waals surface area (Å²) in [6.45, 7) is 2.97. The number of ether oxygens (including phenoxy) is 2. The normalized spacial score (nSPS) is 11.2. The Morgan fingerprint density at radius 1 is 1.10 bits per heavy atom. The quantitative estimate of drug-likeness (QED) is 0.308. The van der Waals surface area contributed by atoms with Gasteiger partial charge in [-0.15, -0.1) is 10.2 Å². The monoisotopic (exact) mass is 422 g/mol. The third-order valence-electron chi connectivity index (χ3n) is 4.84. The van der Waals surface area contributed by atoms with Gasteiger partial charge in [0.15, 0.2) is 11.4 Å². The summed E-state index contributed by atoms with van der Waals surface area (Å²) in [5, 5.41) is 10.2. The van der Waals surface area contributed by atoms with Crippen LogP contribution in [0.2, 0.25) is 0 Å². The Labute approximate surface area is 178 Å². The van der Waals surface area contributed by atoms with Gasteiger partial charge in [0, 0.05) is 11.9 Å². The van der Waals surface area contributed by atoms with E-state index in [2.05, 4.69) is 27.8 Å². The number of ketones is 1. The van der Waals surface area contributed by atoms with Crippen LogP contribution in [0.15, 0.2) is 47.6 Å². The fourth-order valence-corrected chi connectivity index (χ4v) is 4.11. The molecule has 2 aromatic carbocycles. The molecule has 0 aliphatic heterocycles. The molecule has 0 unspecified atom stereocenters. The lowest BCUT2D eigenvalue weighted by molar-refractivity contribution is 0.101. The van der Waals surface area contributed by atoms with Crippen molar-refractivity contribution in [1.82, 2.24) is 19.7 Å². The van der Waals surface area contributed by atoms with Gasteiger partial charge in [-0.05, 0) is 30.7 Å². The average Bonchev–Trinajstić information content (AvgIpc) is 3.10. The summed E-state index contributed by atoms with van der Waals surface area (Å²) in [4.78, 5) is 17.5. The Kier molecular flexibility index (Phi) is 5.85. The number of para-hydroxylation sites is 1. The van der Waals surface area contributed by atoms with E-state index < -0.39 is 0 Å². The van der Waals surface area contributed by atoms with Crippen molar-refractivity contribution in [3.05, 3.63) is 48.0 Å². The number of hydrogen-bond acceptors (Lipinski definition) is 7. The third kappa shape index (κ3) is 3.70. The van der Waals surface area contributed by atoms with Crippen molar-refractivity contribution in [3.8, 4) is 11.5 Å². The van der Waals surface area contributed by atoms with Crippen molar-refractivity contribution in [2.75, 3.05) is 20.0 Å². The number of thioether (sulfide) groups is 1. The number of carbonyl (C=O) groups excluding carboxylic acids is 1. The molecule has 0 fully saturated rings. The Morgan fingerprint density at radius 3 is 2.70 bits per heavy atom. The van der Waals surface area contributed by atoms with E-state index >= 15 is 0 Å². The maximum Gasteiger partial charge on any atom is 0.211 e. The molecule has 0 saturated heterocycles. The largest absolute Gasteiger partial charge is 0.497 e. The van der Waals surface area contributed by atoms with Crippen molar-refractivity contribution in [2.24, 2.45) is 0 Å². The zero-order valence-corrected chi connectivity index (χ0v) is 17.9.